The minimum atomic E-state index is -0.437. The van der Waals surface area contributed by atoms with Crippen molar-refractivity contribution in [3.05, 3.63) is 50.4 Å². The maximum atomic E-state index is 14.1. The number of fused-ring (bicyclic) bond motifs is 1. The van der Waals surface area contributed by atoms with Crippen molar-refractivity contribution in [2.45, 2.75) is 39.0 Å². The highest BCUT2D eigenvalue weighted by Crippen LogP contribution is 2.45. The van der Waals surface area contributed by atoms with Gasteiger partial charge in [-0.25, -0.2) is 4.98 Å². The first kappa shape index (κ1) is 36.4. The number of rotatable bonds is 12. The summed E-state index contributed by atoms with van der Waals surface area (Å²) in [6, 6.07) is 5.32. The minimum absolute atomic E-state index is 0.128. The van der Waals surface area contributed by atoms with Gasteiger partial charge in [-0.1, -0.05) is 30.1 Å². The second-order valence-electron chi connectivity index (χ2n) is 12.5. The molecule has 1 N–H and O–H groups in total. The van der Waals surface area contributed by atoms with Crippen molar-refractivity contribution in [3.8, 4) is 28.7 Å². The van der Waals surface area contributed by atoms with Gasteiger partial charge >= 0.3 is 0 Å². The maximum absolute atomic E-state index is 14.1. The summed E-state index contributed by atoms with van der Waals surface area (Å²) in [6.45, 7) is 11.9. The summed E-state index contributed by atoms with van der Waals surface area (Å²) in [5, 5.41) is 13.7. The number of benzene rings is 1. The molecule has 2 aromatic heterocycles. The minimum Gasteiger partial charge on any atom is -0.495 e. The maximum Gasteiger partial charge on any atom is 0.264 e. The average Bonchev–Trinajstić information content (AvgIpc) is 3.09. The number of aromatic nitrogens is 3. The number of nitriles is 1. The van der Waals surface area contributed by atoms with Gasteiger partial charge in [0.1, 0.15) is 28.8 Å². The van der Waals surface area contributed by atoms with Gasteiger partial charge in [0.25, 0.3) is 11.5 Å². The van der Waals surface area contributed by atoms with E-state index in [4.69, 9.17) is 37.4 Å². The van der Waals surface area contributed by atoms with Gasteiger partial charge in [0.15, 0.2) is 0 Å². The molecule has 2 aliphatic rings. The molecule has 0 bridgehead atoms. The molecule has 2 fully saturated rings. The van der Waals surface area contributed by atoms with Crippen LogP contribution in [-0.4, -0.2) is 120 Å². The third-order valence-electron chi connectivity index (χ3n) is 9.18. The molecule has 0 radical (unpaired) electrons. The van der Waals surface area contributed by atoms with Crippen molar-refractivity contribution in [2.75, 3.05) is 79.0 Å². The molecule has 13 nitrogen and oxygen atoms in total. The molecular formula is C34H42Cl2N8O5. The Labute approximate surface area is 295 Å². The number of carbonyl (C=O) groups is 1. The van der Waals surface area contributed by atoms with Crippen LogP contribution < -0.4 is 20.3 Å². The number of carbonyl (C=O) groups excluding carboxylic acids is 1. The number of likely N-dealkylation sites (N-methyl/N-ethyl adjacent to an activating group) is 1. The number of halogens is 2. The Kier molecular flexibility index (Phi) is 11.4. The van der Waals surface area contributed by atoms with Crippen LogP contribution in [0.2, 0.25) is 10.0 Å². The zero-order valence-electron chi connectivity index (χ0n) is 28.7. The lowest BCUT2D eigenvalue weighted by atomic mass is 9.96. The molecule has 15 heteroatoms. The van der Waals surface area contributed by atoms with Gasteiger partial charge in [-0.3, -0.25) is 19.1 Å². The number of likely N-dealkylation sites (tertiary alicyclic amines) is 1. The normalized spacial score (nSPS) is 16.4. The number of hydrogen-bond donors (Lipinski definition) is 1. The third-order valence-corrected chi connectivity index (χ3v) is 9.93. The lowest BCUT2D eigenvalue weighted by Crippen LogP contribution is -2.56. The molecule has 262 valence electrons. The summed E-state index contributed by atoms with van der Waals surface area (Å²) in [7, 11) is 4.61. The van der Waals surface area contributed by atoms with Gasteiger partial charge in [0.2, 0.25) is 5.95 Å². The van der Waals surface area contributed by atoms with Crippen LogP contribution in [0.15, 0.2) is 34.8 Å². The van der Waals surface area contributed by atoms with Gasteiger partial charge in [-0.05, 0) is 32.5 Å². The number of hydrogen-bond acceptors (Lipinski definition) is 11. The average molecular weight is 714 g/mol. The Morgan fingerprint density at radius 1 is 1.12 bits per heavy atom. The van der Waals surface area contributed by atoms with Crippen molar-refractivity contribution in [1.29, 1.82) is 5.26 Å². The molecule has 0 aliphatic carbocycles. The van der Waals surface area contributed by atoms with E-state index >= 15 is 0 Å². The molecule has 2 saturated heterocycles. The quantitative estimate of drug-likeness (QED) is 0.216. The number of anilines is 1. The monoisotopic (exact) mass is 712 g/mol. The SMILES string of the molecule is CCN1CCN(C(C)(C)/C=C(/C#N)C(=O)N2CC(OCCn3c(=O)c(-c4c(Cl)c(OC)cc(OC)c4Cl)cc4cnc(NC)nc43)C2)CC1. The fraction of sp³-hybridized carbons (Fsp3) is 0.500. The number of nitrogens with zero attached hydrogens (tertiary/aromatic N) is 7. The predicted octanol–water partition coefficient (Wildman–Crippen LogP) is 3.92. The number of pyridine rings is 1. The van der Waals surface area contributed by atoms with E-state index in [9.17, 15) is 14.9 Å². The lowest BCUT2D eigenvalue weighted by molar-refractivity contribution is -0.140. The Morgan fingerprint density at radius 3 is 2.35 bits per heavy atom. The summed E-state index contributed by atoms with van der Waals surface area (Å²) in [5.74, 6) is 0.627. The Morgan fingerprint density at radius 2 is 1.78 bits per heavy atom. The van der Waals surface area contributed by atoms with Crippen LogP contribution in [0.1, 0.15) is 20.8 Å². The molecule has 1 aromatic carbocycles. The summed E-state index contributed by atoms with van der Waals surface area (Å²) in [5.41, 5.74) is 0.164. The third kappa shape index (κ3) is 7.49. The second-order valence-corrected chi connectivity index (χ2v) is 13.2. The standard InChI is InChI=1S/C34H42Cl2N8O5/c1-7-41-8-10-43(11-9-41)34(2,3)16-22(17-37)31(45)42-19-23(20-42)49-13-12-44-30-21(18-39-33(38-4)40-30)14-24(32(44)46)27-28(35)25(47-5)15-26(48-6)29(27)36/h14-16,18,23H,7-13,19-20H2,1-6H3,(H,38,39,40)/b22-16-. The number of ether oxygens (including phenoxy) is 3. The van der Waals surface area contributed by atoms with Crippen LogP contribution in [0.5, 0.6) is 11.5 Å². The van der Waals surface area contributed by atoms with Crippen molar-refractivity contribution in [2.24, 2.45) is 0 Å². The van der Waals surface area contributed by atoms with Gasteiger partial charge in [0.05, 0.1) is 49.1 Å². The number of methoxy groups -OCH3 is 2. The van der Waals surface area contributed by atoms with E-state index in [0.29, 0.717) is 41.6 Å². The molecule has 0 saturated carbocycles. The first-order chi connectivity index (χ1) is 23.5. The van der Waals surface area contributed by atoms with Crippen LogP contribution in [0.4, 0.5) is 5.95 Å². The lowest BCUT2D eigenvalue weighted by Gasteiger charge is -2.43. The first-order valence-corrected chi connectivity index (χ1v) is 16.9. The fourth-order valence-electron chi connectivity index (χ4n) is 6.21. The largest absolute Gasteiger partial charge is 0.495 e. The van der Waals surface area contributed by atoms with Crippen LogP contribution in [0.3, 0.4) is 0 Å². The van der Waals surface area contributed by atoms with E-state index in [1.54, 1.807) is 36.4 Å². The van der Waals surface area contributed by atoms with Crippen molar-refractivity contribution >= 4 is 46.1 Å². The molecule has 2 aliphatic heterocycles. The summed E-state index contributed by atoms with van der Waals surface area (Å²) in [6.07, 6.45) is 3.14. The number of nitrogens with one attached hydrogen (secondary N) is 1. The van der Waals surface area contributed by atoms with Gasteiger partial charge in [-0.15, -0.1) is 0 Å². The van der Waals surface area contributed by atoms with Crippen LogP contribution in [0, 0.1) is 11.3 Å². The molecule has 3 aromatic rings. The highest BCUT2D eigenvalue weighted by Gasteiger charge is 2.35. The number of piperazine rings is 1. The van der Waals surface area contributed by atoms with E-state index in [2.05, 4.69) is 38.1 Å². The van der Waals surface area contributed by atoms with E-state index in [-0.39, 0.29) is 51.9 Å². The van der Waals surface area contributed by atoms with E-state index in [1.807, 2.05) is 13.8 Å². The van der Waals surface area contributed by atoms with Gasteiger partial charge < -0.3 is 29.3 Å². The zero-order valence-corrected chi connectivity index (χ0v) is 30.2. The molecule has 5 rings (SSSR count). The fourth-order valence-corrected chi connectivity index (χ4v) is 6.91. The summed E-state index contributed by atoms with van der Waals surface area (Å²) >= 11 is 13.4. The predicted molar refractivity (Wildman–Crippen MR) is 190 cm³/mol. The van der Waals surface area contributed by atoms with Crippen molar-refractivity contribution < 1.29 is 19.0 Å². The Balaban J connectivity index is 1.31. The van der Waals surface area contributed by atoms with Crippen molar-refractivity contribution in [1.82, 2.24) is 29.2 Å². The van der Waals surface area contributed by atoms with Gasteiger partial charge in [-0.2, -0.15) is 10.2 Å². The molecule has 0 atom stereocenters. The van der Waals surface area contributed by atoms with Crippen LogP contribution in [0.25, 0.3) is 22.2 Å². The van der Waals surface area contributed by atoms with E-state index in [1.165, 1.54) is 18.8 Å². The Bertz CT molecular complexity index is 1810. The van der Waals surface area contributed by atoms with Crippen LogP contribution >= 0.6 is 23.2 Å². The van der Waals surface area contributed by atoms with E-state index < -0.39 is 11.1 Å². The smallest absolute Gasteiger partial charge is 0.264 e. The number of amides is 1. The van der Waals surface area contributed by atoms with Crippen LogP contribution in [-0.2, 0) is 16.1 Å². The van der Waals surface area contributed by atoms with E-state index in [0.717, 1.165) is 32.7 Å². The molecular weight excluding hydrogens is 671 g/mol. The van der Waals surface area contributed by atoms with Gasteiger partial charge in [0, 0.05) is 75.1 Å². The zero-order chi connectivity index (χ0) is 35.5. The summed E-state index contributed by atoms with van der Waals surface area (Å²) < 4.78 is 18.4. The molecule has 0 spiro atoms. The molecule has 4 heterocycles. The summed E-state index contributed by atoms with van der Waals surface area (Å²) in [4.78, 5) is 42.5. The highest BCUT2D eigenvalue weighted by atomic mass is 35.5. The topological polar surface area (TPSA) is 138 Å². The molecule has 49 heavy (non-hydrogen) atoms. The second kappa shape index (κ2) is 15.3. The highest BCUT2D eigenvalue weighted by molar-refractivity contribution is 6.41. The Hall–Kier alpha value is -3.93. The first-order valence-electron chi connectivity index (χ1n) is 16.2. The molecule has 1 amide bonds. The van der Waals surface area contributed by atoms with Crippen molar-refractivity contribution in [3.63, 3.8) is 0 Å². The molecule has 0 unspecified atom stereocenters.